The maximum absolute atomic E-state index is 13.0. The lowest BCUT2D eigenvalue weighted by molar-refractivity contribution is -0.138. The molecule has 0 aliphatic carbocycles. The Labute approximate surface area is 139 Å². The van der Waals surface area contributed by atoms with Gasteiger partial charge in [-0.05, 0) is 19.9 Å². The van der Waals surface area contributed by atoms with Crippen LogP contribution < -0.4 is 5.32 Å². The molecule has 2 aromatic heterocycles. The lowest BCUT2D eigenvalue weighted by Gasteiger charge is -2.12. The molecule has 2 rings (SSSR count). The Balaban J connectivity index is 2.16. The monoisotopic (exact) mass is 356 g/mol. The van der Waals surface area contributed by atoms with Crippen LogP contribution in [0.2, 0.25) is 0 Å². The van der Waals surface area contributed by atoms with Gasteiger partial charge in [0.1, 0.15) is 11.1 Å². The highest BCUT2D eigenvalue weighted by molar-refractivity contribution is 8.00. The Morgan fingerprint density at radius 1 is 1.38 bits per heavy atom. The second-order valence-corrected chi connectivity index (χ2v) is 5.73. The Morgan fingerprint density at radius 2 is 2.08 bits per heavy atom. The number of aromatic nitrogens is 2. The second kappa shape index (κ2) is 6.92. The normalized spacial score (nSPS) is 11.2. The van der Waals surface area contributed by atoms with E-state index < -0.39 is 23.2 Å². The number of aryl methyl sites for hydroxylation is 2. The number of hydrogen-bond acceptors (Lipinski definition) is 6. The second-order valence-electron chi connectivity index (χ2n) is 4.77. The minimum atomic E-state index is -4.67. The van der Waals surface area contributed by atoms with Crippen molar-refractivity contribution in [3.63, 3.8) is 0 Å². The number of halogens is 3. The lowest BCUT2D eigenvalue weighted by Crippen LogP contribution is -2.15. The molecule has 6 nitrogen and oxygen atoms in total. The number of anilines is 1. The van der Waals surface area contributed by atoms with Crippen LogP contribution in [0.1, 0.15) is 22.5 Å². The number of carbonyl (C=O) groups is 1. The zero-order valence-corrected chi connectivity index (χ0v) is 13.4. The molecular formula is C14H11F3N4O2S. The first-order valence-corrected chi connectivity index (χ1v) is 7.54. The summed E-state index contributed by atoms with van der Waals surface area (Å²) in [4.78, 5) is 15.7. The van der Waals surface area contributed by atoms with Crippen molar-refractivity contribution in [3.05, 3.63) is 34.6 Å². The number of nitrogens with zero attached hydrogens (tertiary/aromatic N) is 3. The molecule has 0 aliphatic heterocycles. The third-order valence-electron chi connectivity index (χ3n) is 2.76. The smallest absolute Gasteiger partial charge is 0.338 e. The van der Waals surface area contributed by atoms with Crippen molar-refractivity contribution in [1.29, 1.82) is 5.26 Å². The van der Waals surface area contributed by atoms with E-state index in [1.54, 1.807) is 6.92 Å². The van der Waals surface area contributed by atoms with Crippen molar-refractivity contribution in [2.75, 3.05) is 11.1 Å². The van der Waals surface area contributed by atoms with Gasteiger partial charge in [-0.25, -0.2) is 4.98 Å². The summed E-state index contributed by atoms with van der Waals surface area (Å²) in [6.45, 7) is 3.06. The number of nitriles is 1. The van der Waals surface area contributed by atoms with Crippen LogP contribution in [0.15, 0.2) is 21.7 Å². The van der Waals surface area contributed by atoms with Crippen molar-refractivity contribution in [3.8, 4) is 6.07 Å². The zero-order chi connectivity index (χ0) is 17.9. The molecule has 1 amide bonds. The highest BCUT2D eigenvalue weighted by Gasteiger charge is 2.35. The largest absolute Gasteiger partial charge is 0.417 e. The van der Waals surface area contributed by atoms with Crippen LogP contribution in [-0.2, 0) is 11.0 Å². The number of rotatable bonds is 4. The highest BCUT2D eigenvalue weighted by Crippen LogP contribution is 2.35. The van der Waals surface area contributed by atoms with Gasteiger partial charge < -0.3 is 4.52 Å². The van der Waals surface area contributed by atoms with E-state index in [4.69, 9.17) is 9.78 Å². The van der Waals surface area contributed by atoms with Crippen LogP contribution in [0, 0.1) is 25.2 Å². The number of pyridine rings is 1. The molecular weight excluding hydrogens is 345 g/mol. The van der Waals surface area contributed by atoms with Gasteiger partial charge in [0.25, 0.3) is 0 Å². The molecule has 0 saturated heterocycles. The first kappa shape index (κ1) is 17.8. The predicted octanol–water partition coefficient (Wildman–Crippen LogP) is 3.31. The molecule has 2 heterocycles. The van der Waals surface area contributed by atoms with Gasteiger partial charge in [-0.1, -0.05) is 16.9 Å². The minimum Gasteiger partial charge on any atom is -0.338 e. The minimum absolute atomic E-state index is 0.107. The van der Waals surface area contributed by atoms with E-state index in [9.17, 15) is 18.0 Å². The van der Waals surface area contributed by atoms with Crippen molar-refractivity contribution in [1.82, 2.24) is 10.1 Å². The summed E-state index contributed by atoms with van der Waals surface area (Å²) in [5.74, 6) is -0.619. The van der Waals surface area contributed by atoms with E-state index in [0.29, 0.717) is 5.69 Å². The molecule has 0 fully saturated rings. The maximum atomic E-state index is 13.0. The molecule has 0 aliphatic rings. The molecule has 0 aromatic carbocycles. The summed E-state index contributed by atoms with van der Waals surface area (Å²) in [6.07, 6.45) is -4.67. The molecule has 0 atom stereocenters. The summed E-state index contributed by atoms with van der Waals surface area (Å²) in [5, 5.41) is 14.9. The number of alkyl halides is 3. The third kappa shape index (κ3) is 4.26. The maximum Gasteiger partial charge on any atom is 0.417 e. The van der Waals surface area contributed by atoms with Crippen molar-refractivity contribution >= 4 is 23.6 Å². The van der Waals surface area contributed by atoms with E-state index in [1.165, 1.54) is 19.1 Å². The summed E-state index contributed by atoms with van der Waals surface area (Å²) in [6, 6.07) is 3.81. The highest BCUT2D eigenvalue weighted by atomic mass is 32.2. The van der Waals surface area contributed by atoms with Crippen LogP contribution in [0.4, 0.5) is 19.1 Å². The van der Waals surface area contributed by atoms with Crippen molar-refractivity contribution in [2.24, 2.45) is 0 Å². The average Bonchev–Trinajstić information content (AvgIpc) is 2.88. The fourth-order valence-electron chi connectivity index (χ4n) is 1.81. The summed E-state index contributed by atoms with van der Waals surface area (Å²) < 4.78 is 43.8. The van der Waals surface area contributed by atoms with Gasteiger partial charge in [0.15, 0.2) is 0 Å². The Morgan fingerprint density at radius 3 is 2.62 bits per heavy atom. The molecule has 0 spiro atoms. The number of amides is 1. The molecule has 0 saturated carbocycles. The summed E-state index contributed by atoms with van der Waals surface area (Å²) in [7, 11) is 0. The quantitative estimate of drug-likeness (QED) is 0.845. The van der Waals surface area contributed by atoms with Gasteiger partial charge in [0.2, 0.25) is 11.8 Å². The van der Waals surface area contributed by atoms with E-state index in [2.05, 4.69) is 15.5 Å². The third-order valence-corrected chi connectivity index (χ3v) is 3.74. The molecule has 0 bridgehead atoms. The van der Waals surface area contributed by atoms with Gasteiger partial charge in [-0.3, -0.25) is 10.1 Å². The molecule has 2 aromatic rings. The van der Waals surface area contributed by atoms with Gasteiger partial charge in [0.05, 0.1) is 22.6 Å². The van der Waals surface area contributed by atoms with E-state index >= 15 is 0 Å². The van der Waals surface area contributed by atoms with Gasteiger partial charge in [-0.15, -0.1) is 0 Å². The molecule has 0 radical (unpaired) electrons. The first-order chi connectivity index (χ1) is 11.2. The standard InChI is InChI=1S/C14H11F3N4O2S/c1-7-3-10(14(15,16)17)9(5-18)13(19-7)24-6-11(22)20-12-4-8(2)21-23-12/h3-4H,6H2,1-2H3,(H,20,22). The van der Waals surface area contributed by atoms with Crippen molar-refractivity contribution in [2.45, 2.75) is 25.0 Å². The van der Waals surface area contributed by atoms with Gasteiger partial charge >= 0.3 is 6.18 Å². The van der Waals surface area contributed by atoms with E-state index in [0.717, 1.165) is 17.8 Å². The van der Waals surface area contributed by atoms with Crippen molar-refractivity contribution < 1.29 is 22.5 Å². The Hall–Kier alpha value is -2.54. The van der Waals surface area contributed by atoms with Crippen LogP contribution in [0.25, 0.3) is 0 Å². The fourth-order valence-corrected chi connectivity index (χ4v) is 2.66. The topological polar surface area (TPSA) is 91.8 Å². The van der Waals surface area contributed by atoms with Crippen LogP contribution in [0.3, 0.4) is 0 Å². The number of thioether (sulfide) groups is 1. The Bertz CT molecular complexity index is 811. The fraction of sp³-hybridized carbons (Fsp3) is 0.286. The molecule has 24 heavy (non-hydrogen) atoms. The van der Waals surface area contributed by atoms with E-state index in [1.807, 2.05) is 0 Å². The number of carbonyl (C=O) groups excluding carboxylic acids is 1. The van der Waals surface area contributed by atoms with Crippen LogP contribution in [0.5, 0.6) is 0 Å². The molecule has 1 N–H and O–H groups in total. The SMILES string of the molecule is Cc1cc(NC(=O)CSc2nc(C)cc(C(F)(F)F)c2C#N)on1. The Kier molecular flexibility index (Phi) is 5.14. The first-order valence-electron chi connectivity index (χ1n) is 6.55. The number of nitrogens with one attached hydrogen (secondary N) is 1. The summed E-state index contributed by atoms with van der Waals surface area (Å²) in [5.41, 5.74) is -0.984. The van der Waals surface area contributed by atoms with Crippen LogP contribution >= 0.6 is 11.8 Å². The summed E-state index contributed by atoms with van der Waals surface area (Å²) >= 11 is 0.742. The zero-order valence-electron chi connectivity index (χ0n) is 12.6. The average molecular weight is 356 g/mol. The van der Waals surface area contributed by atoms with Gasteiger partial charge in [0, 0.05) is 11.8 Å². The molecule has 10 heteroatoms. The predicted molar refractivity (Wildman–Crippen MR) is 79.3 cm³/mol. The molecule has 126 valence electrons. The van der Waals surface area contributed by atoms with Gasteiger partial charge in [-0.2, -0.15) is 18.4 Å². The molecule has 0 unspecified atom stereocenters. The number of hydrogen-bond donors (Lipinski definition) is 1. The lowest BCUT2D eigenvalue weighted by atomic mass is 10.1. The van der Waals surface area contributed by atoms with Crippen LogP contribution in [-0.4, -0.2) is 21.8 Å². The van der Waals surface area contributed by atoms with E-state index in [-0.39, 0.29) is 22.4 Å².